The summed E-state index contributed by atoms with van der Waals surface area (Å²) >= 11 is 0. The standard InChI is InChI=1S/C16H26N4O/c1-4-18-16(21)13-6-5-12(17)9-15(13)19-14-7-8-20(3)10-11(14)2/h5-6,9,11,14,19H,4,7-8,10,17H2,1-3H3,(H,18,21). The molecule has 5 heteroatoms. The number of nitrogens with zero attached hydrogens (tertiary/aromatic N) is 1. The van der Waals surface area contributed by atoms with E-state index in [9.17, 15) is 4.79 Å². The lowest BCUT2D eigenvalue weighted by molar-refractivity contribution is 0.0956. The van der Waals surface area contributed by atoms with Crippen LogP contribution in [0.3, 0.4) is 0 Å². The van der Waals surface area contributed by atoms with Gasteiger partial charge in [-0.2, -0.15) is 0 Å². The Hall–Kier alpha value is -1.75. The van der Waals surface area contributed by atoms with Gasteiger partial charge in [-0.3, -0.25) is 4.79 Å². The van der Waals surface area contributed by atoms with Gasteiger partial charge in [-0.05, 0) is 51.1 Å². The molecule has 0 aromatic heterocycles. The molecule has 0 saturated carbocycles. The van der Waals surface area contributed by atoms with E-state index in [-0.39, 0.29) is 5.91 Å². The van der Waals surface area contributed by atoms with Gasteiger partial charge in [0.2, 0.25) is 0 Å². The van der Waals surface area contributed by atoms with Gasteiger partial charge in [0.05, 0.1) is 5.56 Å². The van der Waals surface area contributed by atoms with Crippen LogP contribution in [0.4, 0.5) is 11.4 Å². The zero-order valence-corrected chi connectivity index (χ0v) is 13.1. The van der Waals surface area contributed by atoms with Crippen LogP contribution in [0.2, 0.25) is 0 Å². The highest BCUT2D eigenvalue weighted by atomic mass is 16.1. The first-order valence-corrected chi connectivity index (χ1v) is 7.64. The third-order valence-electron chi connectivity index (χ3n) is 4.07. The number of carbonyl (C=O) groups is 1. The number of piperidine rings is 1. The molecule has 1 aliphatic heterocycles. The zero-order valence-electron chi connectivity index (χ0n) is 13.1. The number of benzene rings is 1. The maximum atomic E-state index is 12.2. The van der Waals surface area contributed by atoms with Crippen molar-refractivity contribution in [3.05, 3.63) is 23.8 Å². The molecule has 116 valence electrons. The van der Waals surface area contributed by atoms with Crippen molar-refractivity contribution in [2.24, 2.45) is 5.92 Å². The number of nitrogens with two attached hydrogens (primary N) is 1. The third-order valence-corrected chi connectivity index (χ3v) is 4.07. The minimum Gasteiger partial charge on any atom is -0.399 e. The van der Waals surface area contributed by atoms with Gasteiger partial charge in [0.25, 0.3) is 5.91 Å². The predicted octanol–water partition coefficient (Wildman–Crippen LogP) is 1.77. The number of nitrogens with one attached hydrogen (secondary N) is 2. The summed E-state index contributed by atoms with van der Waals surface area (Å²) in [4.78, 5) is 14.5. The van der Waals surface area contributed by atoms with Crippen LogP contribution in [0.1, 0.15) is 30.6 Å². The summed E-state index contributed by atoms with van der Waals surface area (Å²) in [5.41, 5.74) is 8.06. The highest BCUT2D eigenvalue weighted by Gasteiger charge is 2.25. The minimum absolute atomic E-state index is 0.0550. The van der Waals surface area contributed by atoms with Crippen molar-refractivity contribution in [3.63, 3.8) is 0 Å². The molecule has 1 fully saturated rings. The molecule has 0 bridgehead atoms. The molecule has 0 aliphatic carbocycles. The molecule has 1 saturated heterocycles. The number of hydrogen-bond acceptors (Lipinski definition) is 4. The van der Waals surface area contributed by atoms with E-state index in [1.54, 1.807) is 12.1 Å². The first-order valence-electron chi connectivity index (χ1n) is 7.64. The normalized spacial score (nSPS) is 22.8. The molecule has 1 aliphatic rings. The molecule has 1 heterocycles. The third kappa shape index (κ3) is 3.88. The van der Waals surface area contributed by atoms with Crippen molar-refractivity contribution in [3.8, 4) is 0 Å². The second-order valence-corrected chi connectivity index (χ2v) is 5.94. The van der Waals surface area contributed by atoms with Crippen LogP contribution in [-0.4, -0.2) is 43.5 Å². The first-order chi connectivity index (χ1) is 10.0. The van der Waals surface area contributed by atoms with Gasteiger partial charge >= 0.3 is 0 Å². The van der Waals surface area contributed by atoms with Crippen LogP contribution in [0.25, 0.3) is 0 Å². The molecule has 0 radical (unpaired) electrons. The summed E-state index contributed by atoms with van der Waals surface area (Å²) in [6.45, 7) is 6.91. The Morgan fingerprint density at radius 3 is 2.90 bits per heavy atom. The quantitative estimate of drug-likeness (QED) is 0.739. The topological polar surface area (TPSA) is 70.4 Å². The van der Waals surface area contributed by atoms with Crippen LogP contribution in [0, 0.1) is 5.92 Å². The van der Waals surface area contributed by atoms with Gasteiger partial charge in [-0.1, -0.05) is 6.92 Å². The lowest BCUT2D eigenvalue weighted by Gasteiger charge is -2.36. The SMILES string of the molecule is CCNC(=O)c1ccc(N)cc1NC1CCN(C)CC1C. The predicted molar refractivity (Wildman–Crippen MR) is 87.6 cm³/mol. The average molecular weight is 290 g/mol. The lowest BCUT2D eigenvalue weighted by atomic mass is 9.93. The maximum absolute atomic E-state index is 12.2. The Kier molecular flexibility index (Phi) is 5.07. The Morgan fingerprint density at radius 2 is 2.24 bits per heavy atom. The number of carbonyl (C=O) groups excluding carboxylic acids is 1. The summed E-state index contributed by atoms with van der Waals surface area (Å²) in [7, 11) is 2.15. The number of anilines is 2. The number of hydrogen-bond donors (Lipinski definition) is 3. The fourth-order valence-corrected chi connectivity index (χ4v) is 2.90. The number of nitrogen functional groups attached to an aromatic ring is 1. The van der Waals surface area contributed by atoms with E-state index in [0.717, 1.165) is 25.2 Å². The van der Waals surface area contributed by atoms with Crippen molar-refractivity contribution >= 4 is 17.3 Å². The van der Waals surface area contributed by atoms with E-state index in [1.807, 2.05) is 13.0 Å². The van der Waals surface area contributed by atoms with E-state index in [0.29, 0.717) is 29.8 Å². The zero-order chi connectivity index (χ0) is 15.4. The highest BCUT2D eigenvalue weighted by Crippen LogP contribution is 2.25. The molecule has 1 aromatic rings. The minimum atomic E-state index is -0.0550. The highest BCUT2D eigenvalue weighted by molar-refractivity contribution is 6.00. The maximum Gasteiger partial charge on any atom is 0.253 e. The van der Waals surface area contributed by atoms with Crippen LogP contribution >= 0.6 is 0 Å². The van der Waals surface area contributed by atoms with Gasteiger partial charge in [0, 0.05) is 30.5 Å². The van der Waals surface area contributed by atoms with Gasteiger partial charge < -0.3 is 21.3 Å². The summed E-state index contributed by atoms with van der Waals surface area (Å²) in [5, 5.41) is 6.38. The summed E-state index contributed by atoms with van der Waals surface area (Å²) in [5.74, 6) is 0.479. The van der Waals surface area contributed by atoms with Crippen molar-refractivity contribution in [1.29, 1.82) is 0 Å². The molecule has 2 atom stereocenters. The molecule has 1 amide bonds. The van der Waals surface area contributed by atoms with Gasteiger partial charge in [-0.15, -0.1) is 0 Å². The Labute approximate surface area is 126 Å². The second kappa shape index (κ2) is 6.80. The van der Waals surface area contributed by atoms with Crippen molar-refractivity contribution in [2.45, 2.75) is 26.3 Å². The smallest absolute Gasteiger partial charge is 0.253 e. The van der Waals surface area contributed by atoms with Crippen LogP contribution in [0.15, 0.2) is 18.2 Å². The molecule has 21 heavy (non-hydrogen) atoms. The molecule has 4 N–H and O–H groups in total. The monoisotopic (exact) mass is 290 g/mol. The van der Waals surface area contributed by atoms with E-state index < -0.39 is 0 Å². The summed E-state index contributed by atoms with van der Waals surface area (Å²) in [6.07, 6.45) is 1.07. The molecular formula is C16H26N4O. The molecule has 5 nitrogen and oxygen atoms in total. The fourth-order valence-electron chi connectivity index (χ4n) is 2.90. The summed E-state index contributed by atoms with van der Waals surface area (Å²) < 4.78 is 0. The molecule has 2 rings (SSSR count). The largest absolute Gasteiger partial charge is 0.399 e. The lowest BCUT2D eigenvalue weighted by Crippen LogP contribution is -2.43. The Bertz CT molecular complexity index is 503. The van der Waals surface area contributed by atoms with Gasteiger partial charge in [0.1, 0.15) is 0 Å². The fraction of sp³-hybridized carbons (Fsp3) is 0.562. The summed E-state index contributed by atoms with van der Waals surface area (Å²) in [6, 6.07) is 5.79. The molecule has 2 unspecified atom stereocenters. The second-order valence-electron chi connectivity index (χ2n) is 5.94. The van der Waals surface area contributed by atoms with E-state index in [2.05, 4.69) is 29.5 Å². The van der Waals surface area contributed by atoms with Crippen molar-refractivity contribution in [1.82, 2.24) is 10.2 Å². The molecule has 1 aromatic carbocycles. The van der Waals surface area contributed by atoms with Crippen LogP contribution in [0.5, 0.6) is 0 Å². The van der Waals surface area contributed by atoms with E-state index >= 15 is 0 Å². The van der Waals surface area contributed by atoms with Crippen LogP contribution in [-0.2, 0) is 0 Å². The first kappa shape index (κ1) is 15.6. The molecular weight excluding hydrogens is 264 g/mol. The number of likely N-dealkylation sites (tertiary alicyclic amines) is 1. The van der Waals surface area contributed by atoms with Crippen molar-refractivity contribution in [2.75, 3.05) is 37.7 Å². The van der Waals surface area contributed by atoms with Gasteiger partial charge in [0.15, 0.2) is 0 Å². The van der Waals surface area contributed by atoms with E-state index in [1.165, 1.54) is 0 Å². The molecule has 0 spiro atoms. The number of amides is 1. The average Bonchev–Trinajstić information content (AvgIpc) is 2.42. The van der Waals surface area contributed by atoms with Crippen LogP contribution < -0.4 is 16.4 Å². The van der Waals surface area contributed by atoms with E-state index in [4.69, 9.17) is 5.73 Å². The number of rotatable bonds is 4. The van der Waals surface area contributed by atoms with Gasteiger partial charge in [-0.25, -0.2) is 0 Å². The van der Waals surface area contributed by atoms with Crippen molar-refractivity contribution < 1.29 is 4.79 Å². The Morgan fingerprint density at radius 1 is 1.48 bits per heavy atom. The Balaban J connectivity index is 2.18.